The summed E-state index contributed by atoms with van der Waals surface area (Å²) >= 11 is 0. The zero-order valence-electron chi connectivity index (χ0n) is 14.0. The molecule has 2 amide bonds. The van der Waals surface area contributed by atoms with E-state index in [4.69, 9.17) is 9.47 Å². The predicted octanol–water partition coefficient (Wildman–Crippen LogP) is 3.90. The fraction of sp³-hybridized carbons (Fsp3) is 0.316. The van der Waals surface area contributed by atoms with Gasteiger partial charge in [0, 0.05) is 11.8 Å². The number of hydrogen-bond acceptors (Lipinski definition) is 3. The van der Waals surface area contributed by atoms with Crippen molar-refractivity contribution in [3.8, 4) is 11.5 Å². The standard InChI is InChI=1S/C19H22N2O3/c1-23-15-7-4-6-14(12-15)20-19(22)21-18-8-3-5-13-11-16(24-2)9-10-17(13)18/h4,6-7,9-12,18H,3,5,8H2,1-2H3,(H2,20,21,22)/t18-/m0/s1. The lowest BCUT2D eigenvalue weighted by atomic mass is 9.87. The Bertz CT molecular complexity index is 730. The van der Waals surface area contributed by atoms with Gasteiger partial charge < -0.3 is 20.1 Å². The molecule has 0 aliphatic heterocycles. The third-order valence-electron chi connectivity index (χ3n) is 4.30. The number of fused-ring (bicyclic) bond motifs is 1. The van der Waals surface area contributed by atoms with Gasteiger partial charge in [0.05, 0.1) is 20.3 Å². The molecule has 0 fully saturated rings. The normalized spacial score (nSPS) is 16.0. The Hall–Kier alpha value is -2.69. The highest BCUT2D eigenvalue weighted by Gasteiger charge is 2.22. The first-order valence-electron chi connectivity index (χ1n) is 8.08. The van der Waals surface area contributed by atoms with Crippen LogP contribution in [-0.4, -0.2) is 20.3 Å². The first kappa shape index (κ1) is 16.2. The minimum absolute atomic E-state index is 0.0188. The molecule has 1 aliphatic rings. The second kappa shape index (κ2) is 7.25. The quantitative estimate of drug-likeness (QED) is 0.896. The Morgan fingerprint density at radius 2 is 1.88 bits per heavy atom. The third-order valence-corrected chi connectivity index (χ3v) is 4.30. The monoisotopic (exact) mass is 326 g/mol. The molecule has 5 nitrogen and oxygen atoms in total. The van der Waals surface area contributed by atoms with Gasteiger partial charge in [0.15, 0.2) is 0 Å². The van der Waals surface area contributed by atoms with Crippen LogP contribution in [0.3, 0.4) is 0 Å². The minimum Gasteiger partial charge on any atom is -0.497 e. The molecule has 3 rings (SSSR count). The molecule has 0 bridgehead atoms. The van der Waals surface area contributed by atoms with E-state index in [2.05, 4.69) is 16.7 Å². The van der Waals surface area contributed by atoms with E-state index in [0.717, 1.165) is 25.0 Å². The van der Waals surface area contributed by atoms with Crippen LogP contribution < -0.4 is 20.1 Å². The van der Waals surface area contributed by atoms with Crippen molar-refractivity contribution < 1.29 is 14.3 Å². The molecule has 0 spiro atoms. The summed E-state index contributed by atoms with van der Waals surface area (Å²) in [4.78, 5) is 12.3. The first-order valence-corrected chi connectivity index (χ1v) is 8.08. The molecule has 0 heterocycles. The topological polar surface area (TPSA) is 59.6 Å². The van der Waals surface area contributed by atoms with Crippen molar-refractivity contribution >= 4 is 11.7 Å². The summed E-state index contributed by atoms with van der Waals surface area (Å²) < 4.78 is 10.5. The highest BCUT2D eigenvalue weighted by Crippen LogP contribution is 2.32. The van der Waals surface area contributed by atoms with Crippen molar-refractivity contribution in [2.45, 2.75) is 25.3 Å². The Kier molecular flexibility index (Phi) is 4.89. The van der Waals surface area contributed by atoms with Crippen LogP contribution in [0.15, 0.2) is 42.5 Å². The van der Waals surface area contributed by atoms with Gasteiger partial charge in [-0.1, -0.05) is 12.1 Å². The number of urea groups is 1. The second-order valence-corrected chi connectivity index (χ2v) is 5.84. The van der Waals surface area contributed by atoms with Crippen LogP contribution in [0, 0.1) is 0 Å². The maximum absolute atomic E-state index is 12.3. The van der Waals surface area contributed by atoms with Gasteiger partial charge in [-0.05, 0) is 54.7 Å². The van der Waals surface area contributed by atoms with E-state index < -0.39 is 0 Å². The van der Waals surface area contributed by atoms with Crippen molar-refractivity contribution in [3.63, 3.8) is 0 Å². The van der Waals surface area contributed by atoms with E-state index in [1.165, 1.54) is 11.1 Å². The van der Waals surface area contributed by atoms with Crippen LogP contribution >= 0.6 is 0 Å². The number of carbonyl (C=O) groups excluding carboxylic acids is 1. The lowest BCUT2D eigenvalue weighted by Gasteiger charge is -2.27. The van der Waals surface area contributed by atoms with Gasteiger partial charge in [0.1, 0.15) is 11.5 Å². The van der Waals surface area contributed by atoms with Gasteiger partial charge in [0.25, 0.3) is 0 Å². The smallest absolute Gasteiger partial charge is 0.319 e. The van der Waals surface area contributed by atoms with E-state index in [-0.39, 0.29) is 12.1 Å². The van der Waals surface area contributed by atoms with Gasteiger partial charge >= 0.3 is 6.03 Å². The fourth-order valence-corrected chi connectivity index (χ4v) is 3.09. The minimum atomic E-state index is -0.211. The number of benzene rings is 2. The molecule has 0 unspecified atom stereocenters. The third kappa shape index (κ3) is 3.62. The summed E-state index contributed by atoms with van der Waals surface area (Å²) in [6.45, 7) is 0. The van der Waals surface area contributed by atoms with Crippen LogP contribution in [-0.2, 0) is 6.42 Å². The van der Waals surface area contributed by atoms with E-state index >= 15 is 0 Å². The Balaban J connectivity index is 1.69. The Labute approximate surface area is 142 Å². The van der Waals surface area contributed by atoms with Crippen molar-refractivity contribution in [2.24, 2.45) is 0 Å². The summed E-state index contributed by atoms with van der Waals surface area (Å²) in [7, 11) is 3.27. The molecule has 2 N–H and O–H groups in total. The summed E-state index contributed by atoms with van der Waals surface area (Å²) in [5.74, 6) is 1.57. The number of aryl methyl sites for hydroxylation is 1. The number of amides is 2. The number of rotatable bonds is 4. The van der Waals surface area contributed by atoms with E-state index in [9.17, 15) is 4.79 Å². The molecule has 2 aromatic carbocycles. The molecule has 0 radical (unpaired) electrons. The maximum Gasteiger partial charge on any atom is 0.319 e. The summed E-state index contributed by atoms with van der Waals surface area (Å²) in [6, 6.07) is 13.2. The van der Waals surface area contributed by atoms with Gasteiger partial charge in [-0.15, -0.1) is 0 Å². The zero-order valence-corrected chi connectivity index (χ0v) is 14.0. The number of hydrogen-bond donors (Lipinski definition) is 2. The summed E-state index contributed by atoms with van der Waals surface area (Å²) in [5, 5.41) is 5.93. The molecule has 0 saturated heterocycles. The van der Waals surface area contributed by atoms with Gasteiger partial charge in [-0.2, -0.15) is 0 Å². The van der Waals surface area contributed by atoms with E-state index in [0.29, 0.717) is 11.4 Å². The lowest BCUT2D eigenvalue weighted by molar-refractivity contribution is 0.247. The van der Waals surface area contributed by atoms with Gasteiger partial charge in [-0.3, -0.25) is 0 Å². The number of anilines is 1. The number of carbonyl (C=O) groups is 1. The highest BCUT2D eigenvalue weighted by atomic mass is 16.5. The highest BCUT2D eigenvalue weighted by molar-refractivity contribution is 5.89. The second-order valence-electron chi connectivity index (χ2n) is 5.84. The van der Waals surface area contributed by atoms with Crippen LogP contribution in [0.1, 0.15) is 30.0 Å². The van der Waals surface area contributed by atoms with Crippen molar-refractivity contribution in [3.05, 3.63) is 53.6 Å². The zero-order chi connectivity index (χ0) is 16.9. The van der Waals surface area contributed by atoms with Crippen LogP contribution in [0.2, 0.25) is 0 Å². The largest absolute Gasteiger partial charge is 0.497 e. The van der Waals surface area contributed by atoms with Gasteiger partial charge in [0.2, 0.25) is 0 Å². The first-order chi connectivity index (χ1) is 11.7. The van der Waals surface area contributed by atoms with Crippen molar-refractivity contribution in [1.82, 2.24) is 5.32 Å². The molecular formula is C19H22N2O3. The van der Waals surface area contributed by atoms with Gasteiger partial charge in [-0.25, -0.2) is 4.79 Å². The maximum atomic E-state index is 12.3. The molecule has 5 heteroatoms. The van der Waals surface area contributed by atoms with Crippen LogP contribution in [0.4, 0.5) is 10.5 Å². The molecule has 24 heavy (non-hydrogen) atoms. The lowest BCUT2D eigenvalue weighted by Crippen LogP contribution is -2.34. The molecule has 1 atom stereocenters. The molecule has 2 aromatic rings. The number of ether oxygens (including phenoxy) is 2. The van der Waals surface area contributed by atoms with Crippen molar-refractivity contribution in [2.75, 3.05) is 19.5 Å². The van der Waals surface area contributed by atoms with E-state index in [1.54, 1.807) is 20.3 Å². The summed E-state index contributed by atoms with van der Waals surface area (Å²) in [6.07, 6.45) is 3.00. The average molecular weight is 326 g/mol. The predicted molar refractivity (Wildman–Crippen MR) is 93.8 cm³/mol. The Morgan fingerprint density at radius 1 is 1.08 bits per heavy atom. The molecule has 1 aliphatic carbocycles. The van der Waals surface area contributed by atoms with Crippen LogP contribution in [0.5, 0.6) is 11.5 Å². The molecule has 0 saturated carbocycles. The number of methoxy groups -OCH3 is 2. The van der Waals surface area contributed by atoms with Crippen molar-refractivity contribution in [1.29, 1.82) is 0 Å². The fourth-order valence-electron chi connectivity index (χ4n) is 3.09. The molecule has 0 aromatic heterocycles. The summed E-state index contributed by atoms with van der Waals surface area (Å²) in [5.41, 5.74) is 3.12. The molecular weight excluding hydrogens is 304 g/mol. The van der Waals surface area contributed by atoms with Crippen LogP contribution in [0.25, 0.3) is 0 Å². The molecule has 126 valence electrons. The Morgan fingerprint density at radius 3 is 2.67 bits per heavy atom. The van der Waals surface area contributed by atoms with E-state index in [1.807, 2.05) is 30.3 Å². The average Bonchev–Trinajstić information content (AvgIpc) is 2.61. The SMILES string of the molecule is COc1cccc(NC(=O)N[C@H]2CCCc3cc(OC)ccc32)c1. The number of nitrogens with one attached hydrogen (secondary N) is 2.